The predicted octanol–water partition coefficient (Wildman–Crippen LogP) is 0.690. The summed E-state index contributed by atoms with van der Waals surface area (Å²) in [6.45, 7) is 3.11. The maximum atomic E-state index is 8.90. The van der Waals surface area contributed by atoms with E-state index in [4.69, 9.17) is 5.11 Å². The maximum absolute atomic E-state index is 8.90. The van der Waals surface area contributed by atoms with E-state index in [0.29, 0.717) is 5.92 Å². The lowest BCUT2D eigenvalue weighted by molar-refractivity contribution is 0.163. The van der Waals surface area contributed by atoms with Crippen LogP contribution in [-0.4, -0.2) is 53.3 Å². The number of aliphatic hydroxyl groups is 1. The van der Waals surface area contributed by atoms with Gasteiger partial charge in [0.15, 0.2) is 0 Å². The Morgan fingerprint density at radius 1 is 1.41 bits per heavy atom. The SMILES string of the molecule is CNc1cncc(C2CCN(CCO)CC2)n1. The summed E-state index contributed by atoms with van der Waals surface area (Å²) >= 11 is 0. The molecule has 1 aliphatic rings. The van der Waals surface area contributed by atoms with Crippen LogP contribution < -0.4 is 5.32 Å². The first kappa shape index (κ1) is 12.3. The van der Waals surface area contributed by atoms with Gasteiger partial charge in [-0.05, 0) is 25.9 Å². The Bertz CT molecular complexity index is 350. The first-order valence-corrected chi connectivity index (χ1v) is 6.16. The molecule has 1 aromatic rings. The highest BCUT2D eigenvalue weighted by atomic mass is 16.3. The van der Waals surface area contributed by atoms with Crippen LogP contribution in [-0.2, 0) is 0 Å². The quantitative estimate of drug-likeness (QED) is 0.805. The van der Waals surface area contributed by atoms with Crippen molar-refractivity contribution in [2.45, 2.75) is 18.8 Å². The van der Waals surface area contributed by atoms with Crippen LogP contribution in [0.5, 0.6) is 0 Å². The van der Waals surface area contributed by atoms with Crippen molar-refractivity contribution < 1.29 is 5.11 Å². The molecule has 1 aromatic heterocycles. The zero-order valence-corrected chi connectivity index (χ0v) is 10.3. The van der Waals surface area contributed by atoms with Crippen molar-refractivity contribution in [3.05, 3.63) is 18.1 Å². The van der Waals surface area contributed by atoms with Gasteiger partial charge in [0.1, 0.15) is 5.82 Å². The summed E-state index contributed by atoms with van der Waals surface area (Å²) < 4.78 is 0. The summed E-state index contributed by atoms with van der Waals surface area (Å²) in [5.74, 6) is 1.34. The smallest absolute Gasteiger partial charge is 0.144 e. The lowest BCUT2D eigenvalue weighted by atomic mass is 9.94. The van der Waals surface area contributed by atoms with Crippen molar-refractivity contribution in [1.29, 1.82) is 0 Å². The van der Waals surface area contributed by atoms with E-state index in [9.17, 15) is 0 Å². The molecule has 2 N–H and O–H groups in total. The molecule has 0 radical (unpaired) electrons. The third kappa shape index (κ3) is 3.14. The molecule has 94 valence electrons. The van der Waals surface area contributed by atoms with E-state index in [0.717, 1.165) is 44.0 Å². The molecule has 0 spiro atoms. The van der Waals surface area contributed by atoms with Crippen LogP contribution in [0.15, 0.2) is 12.4 Å². The van der Waals surface area contributed by atoms with Gasteiger partial charge < -0.3 is 15.3 Å². The summed E-state index contributed by atoms with van der Waals surface area (Å²) in [6, 6.07) is 0. The molecule has 1 aliphatic heterocycles. The molecular formula is C12H20N4O. The fourth-order valence-electron chi connectivity index (χ4n) is 2.29. The summed E-state index contributed by atoms with van der Waals surface area (Å²) in [6.07, 6.45) is 5.81. The highest BCUT2D eigenvalue weighted by Crippen LogP contribution is 2.26. The zero-order valence-electron chi connectivity index (χ0n) is 10.3. The first-order valence-electron chi connectivity index (χ1n) is 6.16. The van der Waals surface area contributed by atoms with Gasteiger partial charge in [-0.25, -0.2) is 4.98 Å². The molecule has 0 saturated carbocycles. The minimum absolute atomic E-state index is 0.250. The molecule has 0 amide bonds. The fraction of sp³-hybridized carbons (Fsp3) is 0.667. The Kier molecular flexibility index (Phi) is 4.28. The van der Waals surface area contributed by atoms with Gasteiger partial charge in [0, 0.05) is 25.7 Å². The van der Waals surface area contributed by atoms with Crippen LogP contribution in [0.25, 0.3) is 0 Å². The minimum atomic E-state index is 0.250. The molecular weight excluding hydrogens is 216 g/mol. The lowest BCUT2D eigenvalue weighted by Gasteiger charge is -2.31. The number of piperidine rings is 1. The van der Waals surface area contributed by atoms with Crippen molar-refractivity contribution in [3.8, 4) is 0 Å². The highest BCUT2D eigenvalue weighted by Gasteiger charge is 2.21. The van der Waals surface area contributed by atoms with E-state index >= 15 is 0 Å². The monoisotopic (exact) mass is 236 g/mol. The number of hydrogen-bond acceptors (Lipinski definition) is 5. The highest BCUT2D eigenvalue weighted by molar-refractivity contribution is 5.31. The molecule has 0 bridgehead atoms. The number of β-amino-alcohol motifs (C(OH)–C–C–N with tert-alkyl or cyclic N) is 1. The number of aromatic nitrogens is 2. The third-order valence-electron chi connectivity index (χ3n) is 3.33. The Balaban J connectivity index is 1.95. The van der Waals surface area contributed by atoms with Crippen LogP contribution in [0.2, 0.25) is 0 Å². The summed E-state index contributed by atoms with van der Waals surface area (Å²) in [7, 11) is 1.86. The molecule has 0 aromatic carbocycles. The number of anilines is 1. The van der Waals surface area contributed by atoms with E-state index in [2.05, 4.69) is 20.2 Å². The Labute approximate surface area is 102 Å². The molecule has 2 heterocycles. The van der Waals surface area contributed by atoms with E-state index in [1.165, 1.54) is 0 Å². The van der Waals surface area contributed by atoms with Gasteiger partial charge in [0.05, 0.1) is 18.5 Å². The molecule has 2 rings (SSSR count). The molecule has 0 unspecified atom stereocenters. The van der Waals surface area contributed by atoms with Gasteiger partial charge in [-0.15, -0.1) is 0 Å². The second-order valence-electron chi connectivity index (χ2n) is 4.42. The Morgan fingerprint density at radius 2 is 2.18 bits per heavy atom. The van der Waals surface area contributed by atoms with E-state index in [1.807, 2.05) is 13.2 Å². The largest absolute Gasteiger partial charge is 0.395 e. The lowest BCUT2D eigenvalue weighted by Crippen LogP contribution is -2.35. The summed E-state index contributed by atoms with van der Waals surface area (Å²) in [5.41, 5.74) is 1.08. The summed E-state index contributed by atoms with van der Waals surface area (Å²) in [5, 5.41) is 11.9. The predicted molar refractivity (Wildman–Crippen MR) is 67.1 cm³/mol. The van der Waals surface area contributed by atoms with Crippen molar-refractivity contribution in [2.24, 2.45) is 0 Å². The van der Waals surface area contributed by atoms with Gasteiger partial charge >= 0.3 is 0 Å². The fourth-order valence-corrected chi connectivity index (χ4v) is 2.29. The van der Waals surface area contributed by atoms with Gasteiger partial charge in [-0.1, -0.05) is 0 Å². The minimum Gasteiger partial charge on any atom is -0.395 e. The molecule has 1 fully saturated rings. The second-order valence-corrected chi connectivity index (χ2v) is 4.42. The van der Waals surface area contributed by atoms with Gasteiger partial charge in [0.25, 0.3) is 0 Å². The average Bonchev–Trinajstić information content (AvgIpc) is 2.40. The Morgan fingerprint density at radius 3 is 2.82 bits per heavy atom. The first-order chi connectivity index (χ1) is 8.33. The molecule has 1 saturated heterocycles. The zero-order chi connectivity index (χ0) is 12.1. The van der Waals surface area contributed by atoms with Crippen molar-refractivity contribution >= 4 is 5.82 Å². The van der Waals surface area contributed by atoms with Gasteiger partial charge in [0.2, 0.25) is 0 Å². The van der Waals surface area contributed by atoms with E-state index in [1.54, 1.807) is 6.20 Å². The molecule has 5 nitrogen and oxygen atoms in total. The molecule has 0 aliphatic carbocycles. The Hall–Kier alpha value is -1.20. The average molecular weight is 236 g/mol. The van der Waals surface area contributed by atoms with Crippen LogP contribution in [0.4, 0.5) is 5.82 Å². The van der Waals surface area contributed by atoms with E-state index < -0.39 is 0 Å². The molecule has 0 atom stereocenters. The second kappa shape index (κ2) is 5.93. The molecule has 17 heavy (non-hydrogen) atoms. The maximum Gasteiger partial charge on any atom is 0.144 e. The number of nitrogens with zero attached hydrogens (tertiary/aromatic N) is 3. The van der Waals surface area contributed by atoms with Crippen LogP contribution in [0.1, 0.15) is 24.5 Å². The van der Waals surface area contributed by atoms with Crippen LogP contribution >= 0.6 is 0 Å². The van der Waals surface area contributed by atoms with Crippen molar-refractivity contribution in [3.63, 3.8) is 0 Å². The van der Waals surface area contributed by atoms with Crippen molar-refractivity contribution in [1.82, 2.24) is 14.9 Å². The van der Waals surface area contributed by atoms with Crippen molar-refractivity contribution in [2.75, 3.05) is 38.6 Å². The number of aliphatic hydroxyl groups excluding tert-OH is 1. The summed E-state index contributed by atoms with van der Waals surface area (Å²) in [4.78, 5) is 11.0. The van der Waals surface area contributed by atoms with Gasteiger partial charge in [-0.2, -0.15) is 0 Å². The molecule has 5 heteroatoms. The van der Waals surface area contributed by atoms with Gasteiger partial charge in [-0.3, -0.25) is 4.98 Å². The van der Waals surface area contributed by atoms with E-state index in [-0.39, 0.29) is 6.61 Å². The standard InChI is InChI=1S/C12H20N4O/c1-13-12-9-14-8-11(15-12)10-2-4-16(5-3-10)6-7-17/h8-10,17H,2-7H2,1H3,(H,13,15). The number of hydrogen-bond donors (Lipinski definition) is 2. The number of likely N-dealkylation sites (tertiary alicyclic amines) is 1. The third-order valence-corrected chi connectivity index (χ3v) is 3.33. The topological polar surface area (TPSA) is 61.3 Å². The van der Waals surface area contributed by atoms with Crippen LogP contribution in [0, 0.1) is 0 Å². The number of nitrogens with one attached hydrogen (secondary N) is 1. The van der Waals surface area contributed by atoms with Crippen LogP contribution in [0.3, 0.4) is 0 Å². The number of rotatable bonds is 4. The normalized spacial score (nSPS) is 18.2.